The fourth-order valence-corrected chi connectivity index (χ4v) is 4.66. The largest absolute Gasteiger partial charge is 0.573 e. The average Bonchev–Trinajstić information content (AvgIpc) is 3.38. The maximum Gasteiger partial charge on any atom is 0.573 e. The number of nitriles is 1. The molecule has 2 aliphatic rings. The van der Waals surface area contributed by atoms with Gasteiger partial charge in [-0.1, -0.05) is 0 Å². The van der Waals surface area contributed by atoms with Crippen molar-refractivity contribution in [2.75, 3.05) is 18.8 Å². The number of hydrogen-bond acceptors (Lipinski definition) is 7. The van der Waals surface area contributed by atoms with Gasteiger partial charge in [-0.05, 0) is 37.6 Å². The molecule has 1 fully saturated rings. The Bertz CT molecular complexity index is 1370. The molecule has 13 heteroatoms. The fraction of sp³-hybridized carbons (Fsp3) is 0.348. The van der Waals surface area contributed by atoms with E-state index in [1.54, 1.807) is 24.0 Å². The minimum Gasteiger partial charge on any atom is -0.402 e. The highest BCUT2D eigenvalue weighted by atomic mass is 19.4. The summed E-state index contributed by atoms with van der Waals surface area (Å²) in [6.45, 7) is 3.38. The van der Waals surface area contributed by atoms with Gasteiger partial charge >= 0.3 is 12.4 Å². The Morgan fingerprint density at radius 2 is 2.08 bits per heavy atom. The van der Waals surface area contributed by atoms with Crippen molar-refractivity contribution < 1.29 is 22.7 Å². The summed E-state index contributed by atoms with van der Waals surface area (Å²) in [6.07, 6.45) is -1.22. The van der Waals surface area contributed by atoms with Crippen molar-refractivity contribution in [1.29, 1.82) is 5.26 Å². The molecule has 0 saturated carbocycles. The fourth-order valence-electron chi connectivity index (χ4n) is 4.66. The monoisotopic (exact) mass is 498 g/mol. The minimum absolute atomic E-state index is 0.243. The quantitative estimate of drug-likeness (QED) is 0.564. The smallest absolute Gasteiger partial charge is 0.402 e. The van der Waals surface area contributed by atoms with Crippen LogP contribution >= 0.6 is 0 Å². The number of carbonyl (C=O) groups excluding carboxylic acids is 1. The van der Waals surface area contributed by atoms with Crippen LogP contribution in [0, 0.1) is 11.3 Å². The van der Waals surface area contributed by atoms with Crippen molar-refractivity contribution in [3.05, 3.63) is 53.6 Å². The number of nitrogens with one attached hydrogen (secondary N) is 1. The molecule has 0 radical (unpaired) electrons. The lowest BCUT2D eigenvalue weighted by atomic mass is 9.76. The van der Waals surface area contributed by atoms with Crippen molar-refractivity contribution >= 4 is 11.8 Å². The van der Waals surface area contributed by atoms with Gasteiger partial charge in [0.2, 0.25) is 0 Å². The van der Waals surface area contributed by atoms with Crippen molar-refractivity contribution in [3.63, 3.8) is 0 Å². The van der Waals surface area contributed by atoms with Crippen LogP contribution in [0.25, 0.3) is 11.3 Å². The van der Waals surface area contributed by atoms with Gasteiger partial charge in [-0.3, -0.25) is 9.67 Å². The number of halogens is 3. The first-order valence-corrected chi connectivity index (χ1v) is 11.1. The number of nitrogens with zero attached hydrogens (tertiary/aromatic N) is 6. The number of pyridine rings is 2. The maximum absolute atomic E-state index is 12.8. The molecule has 2 aliphatic heterocycles. The van der Waals surface area contributed by atoms with Gasteiger partial charge in [0.25, 0.3) is 0 Å². The summed E-state index contributed by atoms with van der Waals surface area (Å²) in [7, 11) is 0. The molecule has 0 aromatic carbocycles. The second-order valence-corrected chi connectivity index (χ2v) is 8.93. The summed E-state index contributed by atoms with van der Waals surface area (Å²) in [5.41, 5.74) is 8.00. The first-order chi connectivity index (χ1) is 17.1. The number of anilines is 1. The van der Waals surface area contributed by atoms with Crippen LogP contribution in [0.1, 0.15) is 36.3 Å². The number of likely N-dealkylation sites (tertiary alicyclic amines) is 1. The van der Waals surface area contributed by atoms with E-state index in [1.165, 1.54) is 12.4 Å². The number of aryl methyl sites for hydroxylation is 1. The van der Waals surface area contributed by atoms with E-state index in [2.05, 4.69) is 31.2 Å². The molecule has 3 aromatic rings. The number of rotatable bonds is 4. The Hall–Kier alpha value is -4.34. The lowest BCUT2D eigenvalue weighted by molar-refractivity contribution is -0.274. The zero-order chi connectivity index (χ0) is 25.7. The molecule has 0 bridgehead atoms. The normalized spacial score (nSPS) is 16.7. The first kappa shape index (κ1) is 23.4. The lowest BCUT2D eigenvalue weighted by Crippen LogP contribution is -2.62. The number of carbonyl (C=O) groups is 1. The van der Waals surface area contributed by atoms with E-state index in [9.17, 15) is 18.0 Å². The van der Waals surface area contributed by atoms with Crippen LogP contribution in [0.5, 0.6) is 5.75 Å². The third-order valence-corrected chi connectivity index (χ3v) is 6.50. The Kier molecular flexibility index (Phi) is 5.46. The van der Waals surface area contributed by atoms with Gasteiger partial charge in [0.05, 0.1) is 29.1 Å². The zero-order valence-electron chi connectivity index (χ0n) is 19.1. The molecule has 3 aromatic heterocycles. The summed E-state index contributed by atoms with van der Waals surface area (Å²) < 4.78 is 43.8. The molecule has 5 heterocycles. The van der Waals surface area contributed by atoms with Crippen LogP contribution in [-0.2, 0) is 12.0 Å². The molecule has 0 aliphatic carbocycles. The second kappa shape index (κ2) is 8.40. The molecule has 5 rings (SSSR count). The molecular formula is C23H21F3N8O2. The predicted octanol–water partition coefficient (Wildman–Crippen LogP) is 3.12. The second-order valence-electron chi connectivity index (χ2n) is 8.93. The highest BCUT2D eigenvalue weighted by molar-refractivity contribution is 5.76. The molecule has 3 N–H and O–H groups in total. The summed E-state index contributed by atoms with van der Waals surface area (Å²) in [5, 5.41) is 16.5. The highest BCUT2D eigenvalue weighted by Gasteiger charge is 2.51. The molecule has 1 saturated heterocycles. The van der Waals surface area contributed by atoms with Crippen LogP contribution in [0.4, 0.5) is 23.8 Å². The van der Waals surface area contributed by atoms with Gasteiger partial charge in [0.1, 0.15) is 0 Å². The van der Waals surface area contributed by atoms with E-state index in [-0.39, 0.29) is 23.3 Å². The molecule has 186 valence electrons. The van der Waals surface area contributed by atoms with Crippen LogP contribution < -0.4 is 15.8 Å². The number of nitrogen functional groups attached to an aromatic ring is 1. The number of alkyl halides is 3. The Morgan fingerprint density at radius 3 is 2.81 bits per heavy atom. The van der Waals surface area contributed by atoms with Crippen LogP contribution in [-0.4, -0.2) is 50.1 Å². The summed E-state index contributed by atoms with van der Waals surface area (Å²) in [4.78, 5) is 22.5. The average molecular weight is 498 g/mol. The molecule has 36 heavy (non-hydrogen) atoms. The number of hydrogen-bond donors (Lipinski definition) is 2. The molecular weight excluding hydrogens is 477 g/mol. The maximum atomic E-state index is 12.8. The van der Waals surface area contributed by atoms with E-state index < -0.39 is 12.1 Å². The van der Waals surface area contributed by atoms with Gasteiger partial charge < -0.3 is 20.7 Å². The van der Waals surface area contributed by atoms with Gasteiger partial charge in [-0.25, -0.2) is 9.78 Å². The Balaban J connectivity index is 1.28. The molecule has 1 spiro atoms. The zero-order valence-corrected chi connectivity index (χ0v) is 19.1. The number of ether oxygens (including phenoxy) is 1. The minimum atomic E-state index is -4.89. The van der Waals surface area contributed by atoms with E-state index in [4.69, 9.17) is 11.0 Å². The summed E-state index contributed by atoms with van der Waals surface area (Å²) >= 11 is 0. The topological polar surface area (TPSA) is 135 Å². The number of amides is 2. The van der Waals surface area contributed by atoms with Crippen LogP contribution in [0.3, 0.4) is 0 Å². The van der Waals surface area contributed by atoms with Crippen LogP contribution in [0.15, 0.2) is 36.7 Å². The van der Waals surface area contributed by atoms with E-state index >= 15 is 0 Å². The SMILES string of the molecule is C[C@@H](NC(=O)N1CC2(CCn3nc(-c4cnc(N)c(OC(F)(F)F)c4)cc32)C1)c1cc(C#N)ccn1. The van der Waals surface area contributed by atoms with Crippen molar-refractivity contribution in [1.82, 2.24) is 30.0 Å². The predicted molar refractivity (Wildman–Crippen MR) is 120 cm³/mol. The Labute approximate surface area is 203 Å². The lowest BCUT2D eigenvalue weighted by Gasteiger charge is -2.47. The third-order valence-electron chi connectivity index (χ3n) is 6.50. The van der Waals surface area contributed by atoms with Crippen molar-refractivity contribution in [2.45, 2.75) is 37.7 Å². The standard InChI is InChI=1S/C23H21F3N8O2/c1-13(16-6-14(9-27)2-4-29-16)31-21(35)33-11-22(12-33)3-5-34-19(22)8-17(32-34)15-7-18(20(28)30-10-15)36-23(24,25)26/h2,4,6-8,10,13H,3,5,11-12H2,1H3,(H2,28,30)(H,31,35)/t13-/m1/s1. The third kappa shape index (κ3) is 4.26. The van der Waals surface area contributed by atoms with Crippen molar-refractivity contribution in [2.24, 2.45) is 0 Å². The van der Waals surface area contributed by atoms with E-state index in [0.29, 0.717) is 42.1 Å². The summed E-state index contributed by atoms with van der Waals surface area (Å²) in [5.74, 6) is -0.956. The number of urea groups is 1. The number of fused-ring (bicyclic) bond motifs is 2. The highest BCUT2D eigenvalue weighted by Crippen LogP contribution is 2.44. The molecule has 0 unspecified atom stereocenters. The van der Waals surface area contributed by atoms with E-state index in [0.717, 1.165) is 18.2 Å². The van der Waals surface area contributed by atoms with E-state index in [1.807, 2.05) is 10.7 Å². The van der Waals surface area contributed by atoms with Gasteiger partial charge in [-0.15, -0.1) is 13.2 Å². The van der Waals surface area contributed by atoms with Gasteiger partial charge in [0.15, 0.2) is 11.6 Å². The summed E-state index contributed by atoms with van der Waals surface area (Å²) in [6, 6.07) is 7.64. The van der Waals surface area contributed by atoms with Crippen molar-refractivity contribution in [3.8, 4) is 23.1 Å². The molecule has 1 atom stereocenters. The number of nitrogens with two attached hydrogens (primary N) is 1. The Morgan fingerprint density at radius 1 is 1.31 bits per heavy atom. The van der Waals surface area contributed by atoms with Gasteiger partial charge in [0, 0.05) is 48.7 Å². The first-order valence-electron chi connectivity index (χ1n) is 11.1. The molecule has 10 nitrogen and oxygen atoms in total. The number of aromatic nitrogens is 4. The molecule has 2 amide bonds. The van der Waals surface area contributed by atoms with Gasteiger partial charge in [-0.2, -0.15) is 10.4 Å². The van der Waals surface area contributed by atoms with Crippen LogP contribution in [0.2, 0.25) is 0 Å².